The summed E-state index contributed by atoms with van der Waals surface area (Å²) in [7, 11) is -2.96. The van der Waals surface area contributed by atoms with E-state index in [0.717, 1.165) is 31.2 Å². The molecule has 0 amide bonds. The molecule has 118 valence electrons. The first-order chi connectivity index (χ1) is 9.95. The van der Waals surface area contributed by atoms with Gasteiger partial charge >= 0.3 is 0 Å². The fourth-order valence-electron chi connectivity index (χ4n) is 3.34. The summed E-state index contributed by atoms with van der Waals surface area (Å²) in [6.45, 7) is 2.13. The first kappa shape index (κ1) is 16.5. The quantitative estimate of drug-likeness (QED) is 0.647. The Labute approximate surface area is 128 Å². The standard InChI is InChI=1S/C16H26N2O2S/c1-3-12-7-9-13(10-8-12)16(18-17)14-5-4-6-15(11-14)21(2,19)20/h7-10,14-16,18H,3-6,11,17H2,1-2H3. The predicted molar refractivity (Wildman–Crippen MR) is 86.5 cm³/mol. The molecule has 21 heavy (non-hydrogen) atoms. The van der Waals surface area contributed by atoms with E-state index < -0.39 is 9.84 Å². The van der Waals surface area contributed by atoms with Crippen LogP contribution in [0.2, 0.25) is 0 Å². The van der Waals surface area contributed by atoms with Crippen LogP contribution in [0, 0.1) is 5.92 Å². The third kappa shape index (κ3) is 4.05. The SMILES string of the molecule is CCc1ccc(C(NN)C2CCCC(S(C)(=O)=O)C2)cc1. The molecule has 0 saturated heterocycles. The summed E-state index contributed by atoms with van der Waals surface area (Å²) in [4.78, 5) is 0. The van der Waals surface area contributed by atoms with E-state index in [4.69, 9.17) is 5.84 Å². The first-order valence-corrected chi connectivity index (χ1v) is 9.65. The lowest BCUT2D eigenvalue weighted by atomic mass is 9.81. The maximum Gasteiger partial charge on any atom is 0.150 e. The van der Waals surface area contributed by atoms with Gasteiger partial charge in [-0.3, -0.25) is 11.3 Å². The highest BCUT2D eigenvalue weighted by atomic mass is 32.2. The van der Waals surface area contributed by atoms with Gasteiger partial charge in [0.1, 0.15) is 9.84 Å². The smallest absolute Gasteiger partial charge is 0.150 e. The van der Waals surface area contributed by atoms with Crippen LogP contribution in [0.4, 0.5) is 0 Å². The molecule has 1 saturated carbocycles. The Morgan fingerprint density at radius 1 is 1.29 bits per heavy atom. The van der Waals surface area contributed by atoms with Gasteiger partial charge in [-0.15, -0.1) is 0 Å². The maximum absolute atomic E-state index is 11.8. The summed E-state index contributed by atoms with van der Waals surface area (Å²) >= 11 is 0. The molecule has 3 N–H and O–H groups in total. The van der Waals surface area contributed by atoms with Crippen molar-refractivity contribution in [2.45, 2.75) is 50.3 Å². The number of hydrogen-bond acceptors (Lipinski definition) is 4. The Morgan fingerprint density at radius 3 is 2.48 bits per heavy atom. The molecule has 5 heteroatoms. The van der Waals surface area contributed by atoms with Gasteiger partial charge in [0.05, 0.1) is 5.25 Å². The average molecular weight is 310 g/mol. The molecule has 0 aliphatic heterocycles. The van der Waals surface area contributed by atoms with Crippen molar-refractivity contribution in [3.63, 3.8) is 0 Å². The second-order valence-electron chi connectivity index (χ2n) is 6.12. The minimum atomic E-state index is -2.96. The minimum absolute atomic E-state index is 0.0282. The van der Waals surface area contributed by atoms with Crippen LogP contribution in [-0.2, 0) is 16.3 Å². The number of benzene rings is 1. The topological polar surface area (TPSA) is 72.2 Å². The first-order valence-electron chi connectivity index (χ1n) is 7.69. The Bertz CT molecular complexity index is 554. The van der Waals surface area contributed by atoms with Crippen LogP contribution < -0.4 is 11.3 Å². The highest BCUT2D eigenvalue weighted by molar-refractivity contribution is 7.91. The average Bonchev–Trinajstić information content (AvgIpc) is 2.48. The summed E-state index contributed by atoms with van der Waals surface area (Å²) in [6, 6.07) is 8.48. The molecule has 4 nitrogen and oxygen atoms in total. The minimum Gasteiger partial charge on any atom is -0.271 e. The van der Waals surface area contributed by atoms with Gasteiger partial charge in [-0.25, -0.2) is 8.42 Å². The van der Waals surface area contributed by atoms with E-state index in [-0.39, 0.29) is 17.2 Å². The fourth-order valence-corrected chi connectivity index (χ4v) is 4.53. The number of nitrogens with one attached hydrogen (secondary N) is 1. The second-order valence-corrected chi connectivity index (χ2v) is 8.44. The molecule has 0 aromatic heterocycles. The summed E-state index contributed by atoms with van der Waals surface area (Å²) in [6.07, 6.45) is 5.82. The lowest BCUT2D eigenvalue weighted by Gasteiger charge is -2.33. The number of nitrogens with two attached hydrogens (primary N) is 1. The Morgan fingerprint density at radius 2 is 1.95 bits per heavy atom. The van der Waals surface area contributed by atoms with Crippen LogP contribution in [-0.4, -0.2) is 19.9 Å². The van der Waals surface area contributed by atoms with Crippen molar-refractivity contribution in [1.82, 2.24) is 5.43 Å². The molecule has 0 radical (unpaired) electrons. The molecular formula is C16H26N2O2S. The monoisotopic (exact) mass is 310 g/mol. The van der Waals surface area contributed by atoms with Gasteiger partial charge in [0.15, 0.2) is 0 Å². The highest BCUT2D eigenvalue weighted by Crippen LogP contribution is 2.36. The van der Waals surface area contributed by atoms with Crippen molar-refractivity contribution in [3.8, 4) is 0 Å². The molecule has 0 bridgehead atoms. The molecule has 1 aliphatic carbocycles. The van der Waals surface area contributed by atoms with Crippen molar-refractivity contribution in [2.75, 3.05) is 6.26 Å². The summed E-state index contributed by atoms with van der Waals surface area (Å²) in [5.74, 6) is 6.04. The van der Waals surface area contributed by atoms with E-state index in [1.165, 1.54) is 11.8 Å². The number of aryl methyl sites for hydroxylation is 1. The molecule has 3 atom stereocenters. The third-order valence-electron chi connectivity index (χ3n) is 4.67. The van der Waals surface area contributed by atoms with Crippen LogP contribution in [0.15, 0.2) is 24.3 Å². The number of hydrazine groups is 1. The Balaban J connectivity index is 2.16. The fraction of sp³-hybridized carbons (Fsp3) is 0.625. The van der Waals surface area contributed by atoms with Crippen molar-refractivity contribution in [1.29, 1.82) is 0 Å². The zero-order valence-corrected chi connectivity index (χ0v) is 13.7. The molecule has 1 aromatic carbocycles. The molecule has 2 rings (SSSR count). The molecule has 1 aromatic rings. The highest BCUT2D eigenvalue weighted by Gasteiger charge is 2.33. The lowest BCUT2D eigenvalue weighted by molar-refractivity contribution is 0.274. The van der Waals surface area contributed by atoms with E-state index in [9.17, 15) is 8.42 Å². The van der Waals surface area contributed by atoms with Crippen LogP contribution in [0.3, 0.4) is 0 Å². The summed E-state index contributed by atoms with van der Waals surface area (Å²) in [5, 5.41) is -0.220. The van der Waals surface area contributed by atoms with E-state index >= 15 is 0 Å². The number of sulfone groups is 1. The van der Waals surface area contributed by atoms with Crippen LogP contribution in [0.5, 0.6) is 0 Å². The molecule has 3 unspecified atom stereocenters. The van der Waals surface area contributed by atoms with Crippen molar-refractivity contribution in [3.05, 3.63) is 35.4 Å². The van der Waals surface area contributed by atoms with Crippen molar-refractivity contribution < 1.29 is 8.42 Å². The summed E-state index contributed by atoms with van der Waals surface area (Å²) in [5.41, 5.74) is 5.35. The lowest BCUT2D eigenvalue weighted by Crippen LogP contribution is -2.38. The van der Waals surface area contributed by atoms with Crippen molar-refractivity contribution >= 4 is 9.84 Å². The molecule has 0 spiro atoms. The van der Waals surface area contributed by atoms with E-state index in [2.05, 4.69) is 36.6 Å². The zero-order valence-electron chi connectivity index (χ0n) is 12.9. The molecule has 1 aliphatic rings. The van der Waals surface area contributed by atoms with E-state index in [0.29, 0.717) is 6.42 Å². The van der Waals surface area contributed by atoms with Crippen LogP contribution >= 0.6 is 0 Å². The number of rotatable bonds is 5. The zero-order chi connectivity index (χ0) is 15.5. The van der Waals surface area contributed by atoms with Gasteiger partial charge in [0, 0.05) is 12.3 Å². The van der Waals surface area contributed by atoms with Gasteiger partial charge in [-0.05, 0) is 42.7 Å². The molecule has 1 fully saturated rings. The summed E-state index contributed by atoms with van der Waals surface area (Å²) < 4.78 is 23.6. The second kappa shape index (κ2) is 6.90. The maximum atomic E-state index is 11.8. The van der Waals surface area contributed by atoms with Gasteiger partial charge in [-0.2, -0.15) is 0 Å². The van der Waals surface area contributed by atoms with Gasteiger partial charge in [0.2, 0.25) is 0 Å². The van der Waals surface area contributed by atoms with Gasteiger partial charge in [0.25, 0.3) is 0 Å². The van der Waals surface area contributed by atoms with E-state index in [1.807, 2.05) is 0 Å². The Kier molecular flexibility index (Phi) is 5.41. The number of hydrogen-bond donors (Lipinski definition) is 2. The predicted octanol–water partition coefficient (Wildman–Crippen LogP) is 2.36. The van der Waals surface area contributed by atoms with Crippen LogP contribution in [0.1, 0.15) is 49.8 Å². The van der Waals surface area contributed by atoms with Crippen molar-refractivity contribution in [2.24, 2.45) is 11.8 Å². The van der Waals surface area contributed by atoms with Crippen LogP contribution in [0.25, 0.3) is 0 Å². The van der Waals surface area contributed by atoms with E-state index in [1.54, 1.807) is 0 Å². The third-order valence-corrected chi connectivity index (χ3v) is 6.31. The van der Waals surface area contributed by atoms with Gasteiger partial charge < -0.3 is 0 Å². The van der Waals surface area contributed by atoms with Gasteiger partial charge in [-0.1, -0.05) is 37.6 Å². The molecule has 0 heterocycles. The Hall–Kier alpha value is -0.910. The largest absolute Gasteiger partial charge is 0.271 e. The normalized spacial score (nSPS) is 24.7. The molecular weight excluding hydrogens is 284 g/mol.